The highest BCUT2D eigenvalue weighted by Crippen LogP contribution is 2.26. The SMILES string of the molecule is CC(C)(C)C[C@@H](COC(C)(C)C)C(=O)NCCCCCCC(CO)COC(C)(C)C.CC(C)(C)N[C@@H](COC(C)(C)C)C(=O)NCCCCOCCOCCC(CO)COC(C)(C)C. The van der Waals surface area contributed by atoms with Crippen LogP contribution in [0.1, 0.15) is 182 Å². The third-order valence-electron chi connectivity index (χ3n) is 9.47. The largest absolute Gasteiger partial charge is 0.396 e. The highest BCUT2D eigenvalue weighted by atomic mass is 16.5. The molecule has 0 aromatic heterocycles. The van der Waals surface area contributed by atoms with Gasteiger partial charge in [-0.25, -0.2) is 0 Å². The fourth-order valence-corrected chi connectivity index (χ4v) is 6.05. The summed E-state index contributed by atoms with van der Waals surface area (Å²) in [6.45, 7) is 42.6. The number of nitrogens with one attached hydrogen (secondary N) is 3. The molecule has 0 aliphatic heterocycles. The van der Waals surface area contributed by atoms with Crippen molar-refractivity contribution in [3.05, 3.63) is 0 Å². The summed E-state index contributed by atoms with van der Waals surface area (Å²) in [5.41, 5.74) is -0.978. The van der Waals surface area contributed by atoms with Crippen LogP contribution in [0.2, 0.25) is 0 Å². The Bertz CT molecular complexity index is 1160. The zero-order valence-electron chi connectivity index (χ0n) is 44.8. The van der Waals surface area contributed by atoms with E-state index in [1.54, 1.807) is 0 Å². The number of ether oxygens (including phenoxy) is 6. The van der Waals surface area contributed by atoms with E-state index in [1.165, 1.54) is 0 Å². The van der Waals surface area contributed by atoms with E-state index >= 15 is 0 Å². The highest BCUT2D eigenvalue weighted by molar-refractivity contribution is 5.82. The number of unbranched alkanes of at least 4 members (excludes halogenated alkanes) is 4. The molecule has 0 bridgehead atoms. The van der Waals surface area contributed by atoms with Crippen LogP contribution in [-0.4, -0.2) is 135 Å². The molecular weight excluding hydrogens is 815 g/mol. The normalized spacial score (nSPS) is 14.9. The van der Waals surface area contributed by atoms with Gasteiger partial charge in [0.05, 0.1) is 68.0 Å². The lowest BCUT2D eigenvalue weighted by atomic mass is 9.84. The third kappa shape index (κ3) is 45.7. The van der Waals surface area contributed by atoms with E-state index in [0.29, 0.717) is 65.9 Å². The van der Waals surface area contributed by atoms with Gasteiger partial charge in [0.2, 0.25) is 11.8 Å². The second kappa shape index (κ2) is 33.1. The molecule has 0 aromatic carbocycles. The van der Waals surface area contributed by atoms with Gasteiger partial charge in [-0.1, -0.05) is 40.0 Å². The van der Waals surface area contributed by atoms with E-state index < -0.39 is 6.04 Å². The molecule has 0 saturated carbocycles. The molecule has 0 rings (SSSR count). The average molecular weight is 920 g/mol. The van der Waals surface area contributed by atoms with Crippen LogP contribution in [0.3, 0.4) is 0 Å². The number of hydrogen-bond acceptors (Lipinski definition) is 11. The number of amides is 2. The summed E-state index contributed by atoms with van der Waals surface area (Å²) in [7, 11) is 0. The highest BCUT2D eigenvalue weighted by Gasteiger charge is 2.28. The maximum Gasteiger partial charge on any atom is 0.239 e. The Balaban J connectivity index is 0. The van der Waals surface area contributed by atoms with Gasteiger partial charge in [-0.15, -0.1) is 0 Å². The lowest BCUT2D eigenvalue weighted by Gasteiger charge is -2.30. The summed E-state index contributed by atoms with van der Waals surface area (Å²) in [6.07, 6.45) is 8.54. The molecule has 0 heterocycles. The van der Waals surface area contributed by atoms with Gasteiger partial charge in [0.1, 0.15) is 6.04 Å². The Labute approximate surface area is 393 Å². The van der Waals surface area contributed by atoms with Crippen molar-refractivity contribution < 1.29 is 48.2 Å². The van der Waals surface area contributed by atoms with Crippen molar-refractivity contribution in [1.82, 2.24) is 16.0 Å². The molecule has 0 saturated heterocycles. The number of carbonyl (C=O) groups is 2. The summed E-state index contributed by atoms with van der Waals surface area (Å²) < 4.78 is 34.5. The van der Waals surface area contributed by atoms with Gasteiger partial charge >= 0.3 is 0 Å². The molecule has 4 atom stereocenters. The smallest absolute Gasteiger partial charge is 0.239 e. The van der Waals surface area contributed by atoms with Crippen LogP contribution in [0.4, 0.5) is 0 Å². The first-order chi connectivity index (χ1) is 29.3. The van der Waals surface area contributed by atoms with E-state index in [0.717, 1.165) is 57.8 Å². The van der Waals surface area contributed by atoms with Crippen molar-refractivity contribution in [2.45, 2.75) is 216 Å². The van der Waals surface area contributed by atoms with Crippen LogP contribution >= 0.6 is 0 Å². The molecule has 0 spiro atoms. The summed E-state index contributed by atoms with van der Waals surface area (Å²) in [5, 5.41) is 28.4. The van der Waals surface area contributed by atoms with Gasteiger partial charge in [0, 0.05) is 56.9 Å². The topological polar surface area (TPSA) is 166 Å². The van der Waals surface area contributed by atoms with Crippen molar-refractivity contribution in [2.24, 2.45) is 23.2 Å². The Morgan fingerprint density at radius 2 is 0.891 bits per heavy atom. The van der Waals surface area contributed by atoms with Crippen LogP contribution < -0.4 is 16.0 Å². The van der Waals surface area contributed by atoms with Crippen LogP contribution in [0, 0.1) is 23.2 Å². The van der Waals surface area contributed by atoms with E-state index in [9.17, 15) is 19.8 Å². The molecular formula is C51H105N3O10. The van der Waals surface area contributed by atoms with E-state index in [1.807, 2.05) is 104 Å². The number of hydrogen-bond donors (Lipinski definition) is 5. The molecule has 2 amide bonds. The van der Waals surface area contributed by atoms with Gasteiger partial charge in [-0.3, -0.25) is 14.9 Å². The molecule has 0 aromatic rings. The number of rotatable bonds is 32. The van der Waals surface area contributed by atoms with Crippen molar-refractivity contribution in [1.29, 1.82) is 0 Å². The summed E-state index contributed by atoms with van der Waals surface area (Å²) in [5.74, 6) is 0.257. The van der Waals surface area contributed by atoms with Gasteiger partial charge in [0.25, 0.3) is 0 Å². The second-order valence-corrected chi connectivity index (χ2v) is 23.7. The maximum atomic E-state index is 12.7. The first-order valence-corrected chi connectivity index (χ1v) is 24.5. The predicted molar refractivity (Wildman–Crippen MR) is 263 cm³/mol. The molecule has 384 valence electrons. The summed E-state index contributed by atoms with van der Waals surface area (Å²) >= 11 is 0. The molecule has 2 unspecified atom stereocenters. The van der Waals surface area contributed by atoms with Crippen molar-refractivity contribution in [3.8, 4) is 0 Å². The molecule has 0 radical (unpaired) electrons. The third-order valence-corrected chi connectivity index (χ3v) is 9.47. The standard InChI is InChI=1S/C26H54N2O6.C25H51NO4/c1-24(2,3)28-22(20-34-26(7,8)9)23(30)27-13-10-11-14-31-16-17-32-15-12-21(18-29)19-33-25(4,5)6;1-23(2,3)16-21(19-30-25(7,8)9)22(28)26-15-13-11-10-12-14-20(17-27)18-29-24(4,5)6/h21-22,28-29H,10-20H2,1-9H3,(H,27,30);20-21,27H,10-19H2,1-9H3,(H,26,28)/t21?,22-;20?,21-/m00/s1. The molecule has 13 nitrogen and oxygen atoms in total. The van der Waals surface area contributed by atoms with Crippen LogP contribution in [0.25, 0.3) is 0 Å². The van der Waals surface area contributed by atoms with Gasteiger partial charge in [-0.05, 0) is 148 Å². The van der Waals surface area contributed by atoms with Gasteiger partial charge < -0.3 is 49.3 Å². The monoisotopic (exact) mass is 920 g/mol. The van der Waals surface area contributed by atoms with E-state index in [4.69, 9.17) is 28.4 Å². The predicted octanol–water partition coefficient (Wildman–Crippen LogP) is 8.65. The van der Waals surface area contributed by atoms with Gasteiger partial charge in [-0.2, -0.15) is 0 Å². The van der Waals surface area contributed by atoms with E-state index in [-0.39, 0.29) is 76.1 Å². The van der Waals surface area contributed by atoms with Crippen molar-refractivity contribution >= 4 is 11.8 Å². The quantitative estimate of drug-likeness (QED) is 0.0410. The minimum atomic E-state index is -0.391. The fourth-order valence-electron chi connectivity index (χ4n) is 6.05. The average Bonchev–Trinajstić information content (AvgIpc) is 3.13. The number of aliphatic hydroxyl groups excluding tert-OH is 2. The Hall–Kier alpha value is -1.42. The Morgan fingerprint density at radius 3 is 1.36 bits per heavy atom. The minimum absolute atomic E-state index is 0.0393. The lowest BCUT2D eigenvalue weighted by Crippen LogP contribution is -2.54. The molecule has 0 aliphatic rings. The molecule has 64 heavy (non-hydrogen) atoms. The number of carbonyl (C=O) groups excluding carboxylic acids is 2. The van der Waals surface area contributed by atoms with Crippen LogP contribution in [-0.2, 0) is 38.0 Å². The van der Waals surface area contributed by atoms with Gasteiger partial charge in [0.15, 0.2) is 0 Å². The second-order valence-electron chi connectivity index (χ2n) is 23.7. The Morgan fingerprint density at radius 1 is 0.469 bits per heavy atom. The fraction of sp³-hybridized carbons (Fsp3) is 0.961. The first-order valence-electron chi connectivity index (χ1n) is 24.5. The van der Waals surface area contributed by atoms with Crippen LogP contribution in [0.15, 0.2) is 0 Å². The maximum absolute atomic E-state index is 12.7. The lowest BCUT2D eigenvalue weighted by molar-refractivity contribution is -0.130. The zero-order valence-corrected chi connectivity index (χ0v) is 44.8. The first kappa shape index (κ1) is 64.7. The molecule has 0 aliphatic carbocycles. The van der Waals surface area contributed by atoms with Crippen molar-refractivity contribution in [3.63, 3.8) is 0 Å². The van der Waals surface area contributed by atoms with Crippen LogP contribution in [0.5, 0.6) is 0 Å². The number of aliphatic hydroxyl groups is 2. The molecule has 5 N–H and O–H groups in total. The summed E-state index contributed by atoms with van der Waals surface area (Å²) in [4.78, 5) is 25.3. The summed E-state index contributed by atoms with van der Waals surface area (Å²) in [6, 6.07) is -0.391. The van der Waals surface area contributed by atoms with E-state index in [2.05, 4.69) is 36.7 Å². The molecule has 13 heteroatoms. The zero-order chi connectivity index (χ0) is 49.7. The van der Waals surface area contributed by atoms with Crippen molar-refractivity contribution in [2.75, 3.05) is 79.2 Å². The minimum Gasteiger partial charge on any atom is -0.396 e. The Kier molecular flexibility index (Phi) is 33.5. The molecule has 0 fully saturated rings.